The molecule has 0 amide bonds. The number of aryl methyl sites for hydroxylation is 1. The van der Waals surface area contributed by atoms with Gasteiger partial charge < -0.3 is 5.32 Å². The van der Waals surface area contributed by atoms with E-state index in [-0.39, 0.29) is 0 Å². The highest BCUT2D eigenvalue weighted by molar-refractivity contribution is 5.54. The van der Waals surface area contributed by atoms with Crippen LogP contribution in [-0.4, -0.2) is 29.6 Å². The van der Waals surface area contributed by atoms with Gasteiger partial charge in [-0.05, 0) is 70.1 Å². The maximum atomic E-state index is 3.51. The molecule has 21 heavy (non-hydrogen) atoms. The second-order valence-corrected chi connectivity index (χ2v) is 7.15. The number of nitrogens with zero attached hydrogens (tertiary/aromatic N) is 1. The number of piperidine rings is 1. The van der Waals surface area contributed by atoms with Crippen molar-refractivity contribution in [2.24, 2.45) is 0 Å². The Bertz CT molecular complexity index is 472. The van der Waals surface area contributed by atoms with Gasteiger partial charge >= 0.3 is 0 Å². The Morgan fingerprint density at radius 1 is 1.19 bits per heavy atom. The van der Waals surface area contributed by atoms with Gasteiger partial charge in [0.25, 0.3) is 0 Å². The van der Waals surface area contributed by atoms with Crippen molar-refractivity contribution in [1.82, 2.24) is 4.90 Å². The quantitative estimate of drug-likeness (QED) is 0.894. The first-order valence-corrected chi connectivity index (χ1v) is 8.78. The van der Waals surface area contributed by atoms with E-state index in [1.165, 1.54) is 55.3 Å². The summed E-state index contributed by atoms with van der Waals surface area (Å²) in [6.45, 7) is 8.35. The van der Waals surface area contributed by atoms with Crippen molar-refractivity contribution < 1.29 is 0 Å². The monoisotopic (exact) mass is 286 g/mol. The van der Waals surface area contributed by atoms with E-state index >= 15 is 0 Å². The van der Waals surface area contributed by atoms with Crippen LogP contribution in [-0.2, 0) is 12.8 Å². The van der Waals surface area contributed by atoms with Gasteiger partial charge in [0.15, 0.2) is 0 Å². The maximum Gasteiger partial charge on any atom is 0.0372 e. The molecule has 2 heterocycles. The minimum Gasteiger partial charge on any atom is -0.385 e. The lowest BCUT2D eigenvalue weighted by Crippen LogP contribution is -2.49. The predicted octanol–water partition coefficient (Wildman–Crippen LogP) is 4.24. The number of nitrogens with one attached hydrogen (secondary N) is 1. The average molecular weight is 286 g/mol. The highest BCUT2D eigenvalue weighted by atomic mass is 15.2. The van der Waals surface area contributed by atoms with Crippen molar-refractivity contribution in [3.05, 3.63) is 29.3 Å². The van der Waals surface area contributed by atoms with E-state index in [9.17, 15) is 0 Å². The number of hydrogen-bond acceptors (Lipinski definition) is 2. The summed E-state index contributed by atoms with van der Waals surface area (Å²) in [5.74, 6) is 0. The summed E-state index contributed by atoms with van der Waals surface area (Å²) in [4.78, 5) is 2.75. The standard InChI is InChI=1S/C19H30N2/c1-14-6-4-7-15(2)21(14)16(3)12-17-9-10-19-18(13-17)8-5-11-20-19/h9-10,13-16,20H,4-8,11-12H2,1-3H3. The molecule has 0 spiro atoms. The molecule has 0 aromatic heterocycles. The summed E-state index contributed by atoms with van der Waals surface area (Å²) < 4.78 is 0. The van der Waals surface area contributed by atoms with Crippen LogP contribution in [0.1, 0.15) is 57.6 Å². The van der Waals surface area contributed by atoms with Crippen LogP contribution >= 0.6 is 0 Å². The number of rotatable bonds is 3. The fraction of sp³-hybridized carbons (Fsp3) is 0.684. The predicted molar refractivity (Wildman–Crippen MR) is 91.0 cm³/mol. The fourth-order valence-electron chi connectivity index (χ4n) is 4.41. The van der Waals surface area contributed by atoms with Gasteiger partial charge in [0.05, 0.1) is 0 Å². The summed E-state index contributed by atoms with van der Waals surface area (Å²) in [6, 6.07) is 9.18. The van der Waals surface area contributed by atoms with Crippen LogP contribution in [0.15, 0.2) is 18.2 Å². The van der Waals surface area contributed by atoms with Crippen molar-refractivity contribution in [2.45, 2.75) is 77.4 Å². The first kappa shape index (κ1) is 14.9. The molecule has 3 rings (SSSR count). The third-order valence-corrected chi connectivity index (χ3v) is 5.41. The molecule has 116 valence electrons. The molecule has 1 fully saturated rings. The number of likely N-dealkylation sites (tertiary alicyclic amines) is 1. The van der Waals surface area contributed by atoms with Gasteiger partial charge in [0.1, 0.15) is 0 Å². The molecule has 0 radical (unpaired) electrons. The Morgan fingerprint density at radius 2 is 1.95 bits per heavy atom. The molecule has 0 bridgehead atoms. The lowest BCUT2D eigenvalue weighted by Gasteiger charge is -2.43. The van der Waals surface area contributed by atoms with Gasteiger partial charge in [0, 0.05) is 30.4 Å². The third-order valence-electron chi connectivity index (χ3n) is 5.41. The Kier molecular flexibility index (Phi) is 4.54. The first-order chi connectivity index (χ1) is 10.1. The van der Waals surface area contributed by atoms with Gasteiger partial charge in [-0.3, -0.25) is 4.90 Å². The number of benzene rings is 1. The molecule has 2 nitrogen and oxygen atoms in total. The van der Waals surface area contributed by atoms with Crippen molar-refractivity contribution >= 4 is 5.69 Å². The summed E-state index contributed by atoms with van der Waals surface area (Å²) in [7, 11) is 0. The Hall–Kier alpha value is -1.02. The highest BCUT2D eigenvalue weighted by Gasteiger charge is 2.28. The summed E-state index contributed by atoms with van der Waals surface area (Å²) in [5.41, 5.74) is 4.39. The summed E-state index contributed by atoms with van der Waals surface area (Å²) in [5, 5.41) is 3.51. The largest absolute Gasteiger partial charge is 0.385 e. The van der Waals surface area contributed by atoms with Gasteiger partial charge in [-0.25, -0.2) is 0 Å². The van der Waals surface area contributed by atoms with Gasteiger partial charge in [-0.15, -0.1) is 0 Å². The first-order valence-electron chi connectivity index (χ1n) is 8.78. The Balaban J connectivity index is 1.70. The Morgan fingerprint density at radius 3 is 2.71 bits per heavy atom. The Labute approximate surface area is 129 Å². The second-order valence-electron chi connectivity index (χ2n) is 7.15. The van der Waals surface area contributed by atoms with Crippen LogP contribution in [0.3, 0.4) is 0 Å². The van der Waals surface area contributed by atoms with E-state index in [1.54, 1.807) is 0 Å². The van der Waals surface area contributed by atoms with E-state index in [0.717, 1.165) is 18.6 Å². The van der Waals surface area contributed by atoms with E-state index in [2.05, 4.69) is 49.2 Å². The zero-order valence-electron chi connectivity index (χ0n) is 13.9. The lowest BCUT2D eigenvalue weighted by atomic mass is 9.92. The van der Waals surface area contributed by atoms with Crippen molar-refractivity contribution in [1.29, 1.82) is 0 Å². The minimum atomic E-state index is 0.643. The molecule has 1 saturated heterocycles. The molecule has 1 aromatic rings. The zero-order chi connectivity index (χ0) is 14.8. The molecule has 0 aliphatic carbocycles. The van der Waals surface area contributed by atoms with Crippen molar-refractivity contribution in [3.63, 3.8) is 0 Å². The minimum absolute atomic E-state index is 0.643. The number of hydrogen-bond donors (Lipinski definition) is 1. The molecule has 3 unspecified atom stereocenters. The SMILES string of the molecule is CC1CCCC(C)N1C(C)Cc1ccc2c(c1)CCCN2. The fourth-order valence-corrected chi connectivity index (χ4v) is 4.41. The molecule has 2 heteroatoms. The topological polar surface area (TPSA) is 15.3 Å². The van der Waals surface area contributed by atoms with E-state index < -0.39 is 0 Å². The van der Waals surface area contributed by atoms with Crippen LogP contribution in [0.2, 0.25) is 0 Å². The van der Waals surface area contributed by atoms with Gasteiger partial charge in [-0.1, -0.05) is 18.6 Å². The average Bonchev–Trinajstić information content (AvgIpc) is 2.47. The molecular weight excluding hydrogens is 256 g/mol. The van der Waals surface area contributed by atoms with Crippen LogP contribution in [0.4, 0.5) is 5.69 Å². The number of fused-ring (bicyclic) bond motifs is 1. The number of anilines is 1. The second kappa shape index (κ2) is 6.39. The molecule has 2 aliphatic rings. The van der Waals surface area contributed by atoms with E-state index in [1.807, 2.05) is 0 Å². The summed E-state index contributed by atoms with van der Waals surface area (Å²) in [6.07, 6.45) is 7.82. The van der Waals surface area contributed by atoms with E-state index in [0.29, 0.717) is 6.04 Å². The van der Waals surface area contributed by atoms with E-state index in [4.69, 9.17) is 0 Å². The third kappa shape index (κ3) is 3.26. The maximum absolute atomic E-state index is 3.51. The molecule has 1 N–H and O–H groups in total. The van der Waals surface area contributed by atoms with Gasteiger partial charge in [-0.2, -0.15) is 0 Å². The van der Waals surface area contributed by atoms with Crippen molar-refractivity contribution in [2.75, 3.05) is 11.9 Å². The zero-order valence-corrected chi connectivity index (χ0v) is 13.9. The van der Waals surface area contributed by atoms with Crippen LogP contribution in [0.25, 0.3) is 0 Å². The molecular formula is C19H30N2. The molecule has 2 aliphatic heterocycles. The molecule has 1 aromatic carbocycles. The van der Waals surface area contributed by atoms with Crippen molar-refractivity contribution in [3.8, 4) is 0 Å². The summed E-state index contributed by atoms with van der Waals surface area (Å²) >= 11 is 0. The normalized spacial score (nSPS) is 27.8. The van der Waals surface area contributed by atoms with Crippen LogP contribution in [0, 0.1) is 0 Å². The van der Waals surface area contributed by atoms with Gasteiger partial charge in [0.2, 0.25) is 0 Å². The van der Waals surface area contributed by atoms with Crippen LogP contribution in [0.5, 0.6) is 0 Å². The smallest absolute Gasteiger partial charge is 0.0372 e. The lowest BCUT2D eigenvalue weighted by molar-refractivity contribution is 0.0628. The highest BCUT2D eigenvalue weighted by Crippen LogP contribution is 2.28. The van der Waals surface area contributed by atoms with Crippen LogP contribution < -0.4 is 5.32 Å². The molecule has 3 atom stereocenters. The molecule has 0 saturated carbocycles.